The fourth-order valence-corrected chi connectivity index (χ4v) is 6.74. The highest BCUT2D eigenvalue weighted by molar-refractivity contribution is 6.20. The number of aliphatic imine (C=N–C) groups is 2. The van der Waals surface area contributed by atoms with Crippen LogP contribution in [0.5, 0.6) is 0 Å². The second kappa shape index (κ2) is 14.5. The number of likely N-dealkylation sites (N-methyl/N-ethyl adjacent to an activating group) is 1. The van der Waals surface area contributed by atoms with Crippen LogP contribution in [0.2, 0.25) is 0 Å². The minimum absolute atomic E-state index is 0. The van der Waals surface area contributed by atoms with Gasteiger partial charge in [0.15, 0.2) is 0 Å². The highest BCUT2D eigenvalue weighted by Gasteiger charge is 2.33. The third kappa shape index (κ3) is 8.37. The average molecular weight is 625 g/mol. The van der Waals surface area contributed by atoms with Crippen molar-refractivity contribution in [1.82, 2.24) is 15.2 Å². The normalized spacial score (nSPS) is 28.9. The zero-order valence-corrected chi connectivity index (χ0v) is 27.5. The second-order valence-corrected chi connectivity index (χ2v) is 12.9. The van der Waals surface area contributed by atoms with E-state index in [2.05, 4.69) is 116 Å². The lowest BCUT2D eigenvalue weighted by Crippen LogP contribution is -2.44. The highest BCUT2D eigenvalue weighted by atomic mass is 35.5. The Hall–Kier alpha value is -2.48. The smallest absolute Gasteiger partial charge is 0.0658 e. The molecule has 5 aliphatic rings. The summed E-state index contributed by atoms with van der Waals surface area (Å²) in [6.07, 6.45) is 26.8. The Morgan fingerprint density at radius 3 is 2.40 bits per heavy atom. The van der Waals surface area contributed by atoms with Gasteiger partial charge in [0.2, 0.25) is 0 Å². The van der Waals surface area contributed by atoms with Crippen LogP contribution in [0.25, 0.3) is 12.2 Å². The molecule has 6 nitrogen and oxygen atoms in total. The maximum absolute atomic E-state index is 6.52. The molecule has 1 aliphatic carbocycles. The van der Waals surface area contributed by atoms with Crippen LogP contribution in [0.15, 0.2) is 82.1 Å². The van der Waals surface area contributed by atoms with Crippen molar-refractivity contribution in [3.05, 3.63) is 82.8 Å². The monoisotopic (exact) mass is 623 g/mol. The number of allylic oxidation sites excluding steroid dienone is 4. The standard InChI is InChI=1S/C35H45N5O.2ClH/c1-24(2)33-12-5-25(3)19-34(33)41-18-17-40(4)16-15-35-14-13-31(39-35)22-30-9-8-27(37-30)20-26-6-7-28(36-26)21-29-10-11-32(23-35)38-29;;/h6-11,13-14,20-25,31,33-34,36,39H,5,12,15-19H2,1-4H3;2*1H/t25-,31?,33+,34-,35?;;/m1../s1. The van der Waals surface area contributed by atoms with Crippen LogP contribution in [0, 0.1) is 17.8 Å². The quantitative estimate of drug-likeness (QED) is 0.387. The molecular weight excluding hydrogens is 577 g/mol. The third-order valence-electron chi connectivity index (χ3n) is 9.17. The predicted molar refractivity (Wildman–Crippen MR) is 185 cm³/mol. The zero-order valence-electron chi connectivity index (χ0n) is 25.8. The van der Waals surface area contributed by atoms with E-state index in [1.807, 2.05) is 0 Å². The summed E-state index contributed by atoms with van der Waals surface area (Å²) >= 11 is 0. The van der Waals surface area contributed by atoms with Gasteiger partial charge in [-0.3, -0.25) is 5.32 Å². The fourth-order valence-electron chi connectivity index (χ4n) is 6.74. The van der Waals surface area contributed by atoms with Gasteiger partial charge in [0, 0.05) is 29.8 Å². The molecule has 1 fully saturated rings. The van der Waals surface area contributed by atoms with Gasteiger partial charge < -0.3 is 14.6 Å². The zero-order chi connectivity index (χ0) is 28.4. The SMILES string of the molecule is CC(C)[C@@H]1CC[C@@H](C)C[C@H]1OCCN(C)CCC12C=CC(C=C3C=CC(=N3)C=c3ccc([nH]3)=CC3=NC(=C1)C=C3)N2.Cl.Cl. The van der Waals surface area contributed by atoms with Crippen molar-refractivity contribution >= 4 is 48.4 Å². The Bertz CT molecular complexity index is 1480. The number of ether oxygens (including phenoxy) is 1. The fraction of sp³-hybridized carbons (Fsp3) is 0.486. The Kier molecular flexibility index (Phi) is 11.3. The van der Waals surface area contributed by atoms with Crippen molar-refractivity contribution in [3.63, 3.8) is 0 Å². The molecule has 1 aromatic rings. The van der Waals surface area contributed by atoms with Gasteiger partial charge in [-0.15, -0.1) is 24.8 Å². The molecule has 1 aromatic heterocycles. The number of hydrogen-bond acceptors (Lipinski definition) is 5. The topological polar surface area (TPSA) is 65.0 Å². The number of aromatic amines is 1. The molecule has 0 radical (unpaired) electrons. The van der Waals surface area contributed by atoms with E-state index in [1.165, 1.54) is 19.3 Å². The van der Waals surface area contributed by atoms with Crippen LogP contribution < -0.4 is 16.0 Å². The molecule has 8 heteroatoms. The van der Waals surface area contributed by atoms with Crippen molar-refractivity contribution in [2.45, 2.75) is 64.1 Å². The number of rotatable bonds is 8. The first-order valence-corrected chi connectivity index (χ1v) is 15.5. The summed E-state index contributed by atoms with van der Waals surface area (Å²) in [6, 6.07) is 4.28. The molecule has 43 heavy (non-hydrogen) atoms. The lowest BCUT2D eigenvalue weighted by Gasteiger charge is -2.37. The number of nitrogens with zero attached hydrogens (tertiary/aromatic N) is 3. The Labute approximate surface area is 269 Å². The molecule has 4 aliphatic heterocycles. The Balaban J connectivity index is 0.00000212. The number of aromatic nitrogens is 1. The van der Waals surface area contributed by atoms with Gasteiger partial charge in [-0.2, -0.15) is 0 Å². The highest BCUT2D eigenvalue weighted by Crippen LogP contribution is 2.35. The molecule has 0 amide bonds. The van der Waals surface area contributed by atoms with Gasteiger partial charge in [0.1, 0.15) is 0 Å². The first-order valence-electron chi connectivity index (χ1n) is 15.5. The minimum atomic E-state index is -0.283. The summed E-state index contributed by atoms with van der Waals surface area (Å²) in [7, 11) is 2.21. The lowest BCUT2D eigenvalue weighted by atomic mass is 9.75. The Morgan fingerprint density at radius 1 is 0.977 bits per heavy atom. The molecular formula is C35H47Cl2N5O. The first kappa shape index (κ1) is 33.4. The van der Waals surface area contributed by atoms with Crippen LogP contribution in [-0.4, -0.2) is 65.7 Å². The van der Waals surface area contributed by atoms with Crippen molar-refractivity contribution in [3.8, 4) is 0 Å². The third-order valence-corrected chi connectivity index (χ3v) is 9.17. The van der Waals surface area contributed by atoms with Gasteiger partial charge in [0.05, 0.1) is 41.1 Å². The number of hydrogen-bond donors (Lipinski definition) is 2. The van der Waals surface area contributed by atoms with Gasteiger partial charge in [-0.25, -0.2) is 9.98 Å². The van der Waals surface area contributed by atoms with Crippen LogP contribution >= 0.6 is 24.8 Å². The van der Waals surface area contributed by atoms with E-state index in [1.54, 1.807) is 0 Å². The van der Waals surface area contributed by atoms with E-state index >= 15 is 0 Å². The predicted octanol–water partition coefficient (Wildman–Crippen LogP) is 5.29. The summed E-state index contributed by atoms with van der Waals surface area (Å²) in [6.45, 7) is 9.76. The van der Waals surface area contributed by atoms with Gasteiger partial charge >= 0.3 is 0 Å². The van der Waals surface area contributed by atoms with Crippen molar-refractivity contribution < 1.29 is 4.74 Å². The van der Waals surface area contributed by atoms with E-state index in [4.69, 9.17) is 14.7 Å². The molecule has 2 N–H and O–H groups in total. The van der Waals surface area contributed by atoms with E-state index in [0.29, 0.717) is 17.9 Å². The molecule has 5 atom stereocenters. The van der Waals surface area contributed by atoms with Gasteiger partial charge in [0.25, 0.3) is 0 Å². The first-order chi connectivity index (χ1) is 19.8. The van der Waals surface area contributed by atoms with Crippen LogP contribution in [-0.2, 0) is 4.74 Å². The number of nitrogens with one attached hydrogen (secondary N) is 2. The molecule has 0 aromatic carbocycles. The maximum atomic E-state index is 6.52. The number of halogens is 2. The molecule has 6 rings (SSSR count). The molecule has 0 saturated heterocycles. The van der Waals surface area contributed by atoms with Crippen LogP contribution in [0.4, 0.5) is 0 Å². The summed E-state index contributed by atoms with van der Waals surface area (Å²) in [5.41, 5.74) is 3.60. The van der Waals surface area contributed by atoms with E-state index < -0.39 is 0 Å². The molecule has 0 spiro atoms. The summed E-state index contributed by atoms with van der Waals surface area (Å²) in [4.78, 5) is 15.6. The molecule has 8 bridgehead atoms. The summed E-state index contributed by atoms with van der Waals surface area (Å²) in [5, 5.41) is 5.95. The van der Waals surface area contributed by atoms with Crippen LogP contribution in [0.1, 0.15) is 46.5 Å². The molecule has 2 unspecified atom stereocenters. The summed E-state index contributed by atoms with van der Waals surface area (Å²) in [5.74, 6) is 2.14. The average Bonchev–Trinajstić information content (AvgIpc) is 3.73. The minimum Gasteiger partial charge on any atom is -0.377 e. The second-order valence-electron chi connectivity index (χ2n) is 12.9. The number of fused-ring (bicyclic) bond motifs is 6. The molecule has 5 heterocycles. The molecule has 1 saturated carbocycles. The largest absolute Gasteiger partial charge is 0.377 e. The van der Waals surface area contributed by atoms with Gasteiger partial charge in [-0.05, 0) is 105 Å². The summed E-state index contributed by atoms with van der Waals surface area (Å²) < 4.78 is 6.52. The van der Waals surface area contributed by atoms with Gasteiger partial charge in [-0.1, -0.05) is 39.3 Å². The van der Waals surface area contributed by atoms with Crippen molar-refractivity contribution in [1.29, 1.82) is 0 Å². The van der Waals surface area contributed by atoms with E-state index in [0.717, 1.165) is 65.6 Å². The maximum Gasteiger partial charge on any atom is 0.0658 e. The van der Waals surface area contributed by atoms with E-state index in [-0.39, 0.29) is 36.4 Å². The Morgan fingerprint density at radius 2 is 1.67 bits per heavy atom. The lowest BCUT2D eigenvalue weighted by molar-refractivity contribution is -0.0430. The van der Waals surface area contributed by atoms with Crippen LogP contribution in [0.3, 0.4) is 0 Å². The molecule has 232 valence electrons. The van der Waals surface area contributed by atoms with Crippen molar-refractivity contribution in [2.75, 3.05) is 26.7 Å². The van der Waals surface area contributed by atoms with Crippen molar-refractivity contribution in [2.24, 2.45) is 27.7 Å². The number of H-pyrrole nitrogens is 1. The van der Waals surface area contributed by atoms with E-state index in [9.17, 15) is 0 Å².